The second-order valence-electron chi connectivity index (χ2n) is 8.82. The van der Waals surface area contributed by atoms with Gasteiger partial charge in [0.25, 0.3) is 11.1 Å². The largest absolute Gasteiger partial charge is 0.430 e. The Morgan fingerprint density at radius 1 is 0.973 bits per heavy atom. The molecule has 0 bridgehead atoms. The second-order valence-corrected chi connectivity index (χ2v) is 9.53. The van der Waals surface area contributed by atoms with Crippen LogP contribution in [0, 0.1) is 5.82 Å². The molecule has 1 aliphatic rings. The van der Waals surface area contributed by atoms with Gasteiger partial charge < -0.3 is 9.64 Å². The maximum absolute atomic E-state index is 13.1. The molecule has 1 aliphatic heterocycles. The lowest BCUT2D eigenvalue weighted by Crippen LogP contribution is -2.48. The molecule has 3 aromatic carbocycles. The molecular formula is C29H27FN4O2S. The summed E-state index contributed by atoms with van der Waals surface area (Å²) in [6, 6.07) is 23.7. The summed E-state index contributed by atoms with van der Waals surface area (Å²) >= 11 is 1.15. The van der Waals surface area contributed by atoms with E-state index in [2.05, 4.69) is 38.5 Å². The zero-order chi connectivity index (χ0) is 25.5. The van der Waals surface area contributed by atoms with E-state index >= 15 is 0 Å². The van der Waals surface area contributed by atoms with E-state index in [0.717, 1.165) is 36.7 Å². The van der Waals surface area contributed by atoms with E-state index < -0.39 is 0 Å². The van der Waals surface area contributed by atoms with Crippen LogP contribution in [-0.2, 0) is 6.42 Å². The Bertz CT molecular complexity index is 1350. The van der Waals surface area contributed by atoms with Gasteiger partial charge in [-0.2, -0.15) is 9.36 Å². The molecule has 8 heteroatoms. The monoisotopic (exact) mass is 514 g/mol. The molecule has 1 aromatic heterocycles. The van der Waals surface area contributed by atoms with Crippen LogP contribution in [0.25, 0.3) is 6.08 Å². The van der Waals surface area contributed by atoms with Gasteiger partial charge in [-0.3, -0.25) is 9.69 Å². The minimum absolute atomic E-state index is 0.000750. The van der Waals surface area contributed by atoms with E-state index in [-0.39, 0.29) is 11.7 Å². The maximum Gasteiger partial charge on any atom is 0.298 e. The summed E-state index contributed by atoms with van der Waals surface area (Å²) in [6.07, 6.45) is 4.80. The summed E-state index contributed by atoms with van der Waals surface area (Å²) < 4.78 is 23.3. The van der Waals surface area contributed by atoms with E-state index in [1.165, 1.54) is 17.7 Å². The molecule has 37 heavy (non-hydrogen) atoms. The number of nitrogens with zero attached hydrogens (tertiary/aromatic N) is 4. The van der Waals surface area contributed by atoms with Crippen molar-refractivity contribution in [2.75, 3.05) is 32.7 Å². The molecule has 1 fully saturated rings. The van der Waals surface area contributed by atoms with Gasteiger partial charge in [0.15, 0.2) is 5.82 Å². The minimum Gasteiger partial charge on any atom is -0.430 e. The van der Waals surface area contributed by atoms with Crippen molar-refractivity contribution in [2.24, 2.45) is 0 Å². The molecule has 0 radical (unpaired) electrons. The Balaban J connectivity index is 1.13. The molecule has 0 unspecified atom stereocenters. The number of ether oxygens (including phenoxy) is 1. The van der Waals surface area contributed by atoms with Crippen LogP contribution in [-0.4, -0.2) is 57.8 Å². The van der Waals surface area contributed by atoms with Gasteiger partial charge in [0, 0.05) is 56.2 Å². The van der Waals surface area contributed by atoms with Crippen molar-refractivity contribution in [1.82, 2.24) is 19.2 Å². The molecule has 1 amide bonds. The number of halogens is 1. The molecule has 0 atom stereocenters. The summed E-state index contributed by atoms with van der Waals surface area (Å²) in [4.78, 5) is 21.8. The predicted molar refractivity (Wildman–Crippen MR) is 143 cm³/mol. The van der Waals surface area contributed by atoms with Gasteiger partial charge in [0.05, 0.1) is 0 Å². The summed E-state index contributed by atoms with van der Waals surface area (Å²) in [5.74, 6) is 0.876. The van der Waals surface area contributed by atoms with Gasteiger partial charge >= 0.3 is 0 Å². The number of rotatable bonds is 8. The van der Waals surface area contributed by atoms with Crippen molar-refractivity contribution >= 4 is 23.5 Å². The number of hydrogen-bond donors (Lipinski definition) is 0. The molecule has 5 rings (SSSR count). The smallest absolute Gasteiger partial charge is 0.298 e. The fourth-order valence-electron chi connectivity index (χ4n) is 4.15. The molecule has 6 nitrogen and oxygen atoms in total. The van der Waals surface area contributed by atoms with Crippen LogP contribution in [0.15, 0.2) is 84.9 Å². The predicted octanol–water partition coefficient (Wildman–Crippen LogP) is 5.53. The highest BCUT2D eigenvalue weighted by atomic mass is 32.1. The van der Waals surface area contributed by atoms with Crippen molar-refractivity contribution in [3.8, 4) is 10.9 Å². The van der Waals surface area contributed by atoms with Gasteiger partial charge in [-0.05, 0) is 41.5 Å². The summed E-state index contributed by atoms with van der Waals surface area (Å²) in [5, 5.41) is 0.402. The highest BCUT2D eigenvalue weighted by Gasteiger charge is 2.22. The molecule has 0 spiro atoms. The summed E-state index contributed by atoms with van der Waals surface area (Å²) in [5.41, 5.74) is 2.70. The van der Waals surface area contributed by atoms with Gasteiger partial charge in [0.1, 0.15) is 11.6 Å². The van der Waals surface area contributed by atoms with Crippen molar-refractivity contribution in [3.63, 3.8) is 0 Å². The zero-order valence-electron chi connectivity index (χ0n) is 20.3. The van der Waals surface area contributed by atoms with Crippen LogP contribution in [0.3, 0.4) is 0 Å². The normalized spacial score (nSPS) is 14.2. The van der Waals surface area contributed by atoms with Crippen LogP contribution in [0.1, 0.15) is 27.3 Å². The molecule has 1 saturated heterocycles. The molecule has 0 N–H and O–H groups in total. The van der Waals surface area contributed by atoms with Crippen LogP contribution in [0.4, 0.5) is 4.39 Å². The minimum atomic E-state index is -0.272. The Morgan fingerprint density at radius 2 is 1.76 bits per heavy atom. The average molecular weight is 515 g/mol. The first-order chi connectivity index (χ1) is 18.1. The Hall–Kier alpha value is -3.88. The second kappa shape index (κ2) is 11.9. The highest BCUT2D eigenvalue weighted by Crippen LogP contribution is 2.25. The quantitative estimate of drug-likeness (QED) is 0.309. The third kappa shape index (κ3) is 6.87. The maximum atomic E-state index is 13.1. The lowest BCUT2D eigenvalue weighted by atomic mass is 10.1. The molecule has 0 aliphatic carbocycles. The molecule has 4 aromatic rings. The third-order valence-electron chi connectivity index (χ3n) is 6.14. The van der Waals surface area contributed by atoms with E-state index in [9.17, 15) is 9.18 Å². The first-order valence-corrected chi connectivity index (χ1v) is 13.0. The summed E-state index contributed by atoms with van der Waals surface area (Å²) in [7, 11) is 0. The SMILES string of the molecule is O=C(c1cccc(Oc2nc(Cc3ccc(F)cc3)ns2)c1)N1CCN(CC=Cc2ccccc2)CC1. The van der Waals surface area contributed by atoms with Crippen molar-refractivity contribution in [1.29, 1.82) is 0 Å². The molecule has 0 saturated carbocycles. The lowest BCUT2D eigenvalue weighted by Gasteiger charge is -2.34. The number of piperazine rings is 1. The van der Waals surface area contributed by atoms with Crippen molar-refractivity contribution in [3.05, 3.63) is 113 Å². The lowest BCUT2D eigenvalue weighted by molar-refractivity contribution is 0.0650. The first kappa shape index (κ1) is 24.8. The van der Waals surface area contributed by atoms with Crippen LogP contribution < -0.4 is 4.74 Å². The van der Waals surface area contributed by atoms with Gasteiger partial charge in [-0.25, -0.2) is 4.39 Å². The number of benzene rings is 3. The fraction of sp³-hybridized carbons (Fsp3) is 0.207. The van der Waals surface area contributed by atoms with E-state index in [1.807, 2.05) is 35.2 Å². The van der Waals surface area contributed by atoms with Gasteiger partial charge in [-0.15, -0.1) is 0 Å². The van der Waals surface area contributed by atoms with E-state index in [0.29, 0.717) is 41.8 Å². The Kier molecular flexibility index (Phi) is 7.98. The Morgan fingerprint density at radius 3 is 2.54 bits per heavy atom. The standard InChI is InChI=1S/C29H27FN4O2S/c30-25-13-11-23(12-14-25)20-27-31-29(37-32-27)36-26-10-4-9-24(21-26)28(35)34-18-16-33(17-19-34)15-5-8-22-6-2-1-3-7-22/h1-14,21H,15-20H2. The van der Waals surface area contributed by atoms with Gasteiger partial charge in [0.2, 0.25) is 0 Å². The first-order valence-electron chi connectivity index (χ1n) is 12.2. The Labute approximate surface area is 219 Å². The third-order valence-corrected chi connectivity index (χ3v) is 6.78. The van der Waals surface area contributed by atoms with E-state index in [1.54, 1.807) is 24.3 Å². The van der Waals surface area contributed by atoms with E-state index in [4.69, 9.17) is 4.74 Å². The number of hydrogen-bond acceptors (Lipinski definition) is 6. The van der Waals surface area contributed by atoms with Gasteiger partial charge in [-0.1, -0.05) is 60.7 Å². The number of amides is 1. The number of aromatic nitrogens is 2. The molecule has 188 valence electrons. The average Bonchev–Trinajstić information content (AvgIpc) is 3.37. The van der Waals surface area contributed by atoms with Crippen LogP contribution >= 0.6 is 11.5 Å². The van der Waals surface area contributed by atoms with Crippen LogP contribution in [0.2, 0.25) is 0 Å². The number of carbonyl (C=O) groups is 1. The topological polar surface area (TPSA) is 58.6 Å². The summed E-state index contributed by atoms with van der Waals surface area (Å²) in [6.45, 7) is 3.91. The number of carbonyl (C=O) groups excluding carboxylic acids is 1. The zero-order valence-corrected chi connectivity index (χ0v) is 21.1. The van der Waals surface area contributed by atoms with Crippen LogP contribution in [0.5, 0.6) is 10.9 Å². The molecular weight excluding hydrogens is 487 g/mol. The highest BCUT2D eigenvalue weighted by molar-refractivity contribution is 7.07. The van der Waals surface area contributed by atoms with Crippen molar-refractivity contribution in [2.45, 2.75) is 6.42 Å². The van der Waals surface area contributed by atoms with Crippen molar-refractivity contribution < 1.29 is 13.9 Å². The molecule has 2 heterocycles. The fourth-order valence-corrected chi connectivity index (χ4v) is 4.72.